The van der Waals surface area contributed by atoms with Gasteiger partial charge in [0, 0.05) is 37.3 Å². The van der Waals surface area contributed by atoms with Crippen LogP contribution in [0.5, 0.6) is 5.88 Å². The average Bonchev–Trinajstić information content (AvgIpc) is 2.97. The Bertz CT molecular complexity index is 798. The van der Waals surface area contributed by atoms with Crippen molar-refractivity contribution < 1.29 is 18.8 Å². The quantitative estimate of drug-likeness (QED) is 0.805. The topological polar surface area (TPSA) is 88.8 Å². The van der Waals surface area contributed by atoms with Gasteiger partial charge in [0.1, 0.15) is 12.3 Å². The lowest BCUT2D eigenvalue weighted by Gasteiger charge is -2.34. The van der Waals surface area contributed by atoms with Gasteiger partial charge >= 0.3 is 0 Å². The molecule has 26 heavy (non-hydrogen) atoms. The summed E-state index contributed by atoms with van der Waals surface area (Å²) >= 11 is 0. The second-order valence-corrected chi connectivity index (χ2v) is 6.22. The van der Waals surface area contributed by atoms with Crippen LogP contribution >= 0.6 is 0 Å². The smallest absolute Gasteiger partial charge is 0.246 e. The van der Waals surface area contributed by atoms with Crippen molar-refractivity contribution in [3.63, 3.8) is 0 Å². The van der Waals surface area contributed by atoms with E-state index in [0.717, 1.165) is 22.7 Å². The molecule has 0 unspecified atom stereocenters. The zero-order valence-electron chi connectivity index (χ0n) is 15.2. The van der Waals surface area contributed by atoms with Crippen molar-refractivity contribution in [1.82, 2.24) is 15.0 Å². The van der Waals surface area contributed by atoms with Gasteiger partial charge in [-0.2, -0.15) is 0 Å². The first-order chi connectivity index (χ1) is 12.5. The summed E-state index contributed by atoms with van der Waals surface area (Å²) in [6.07, 6.45) is 2.50. The Kier molecular flexibility index (Phi) is 5.20. The van der Waals surface area contributed by atoms with Gasteiger partial charge in [0.25, 0.3) is 0 Å². The van der Waals surface area contributed by atoms with E-state index in [-0.39, 0.29) is 18.4 Å². The van der Waals surface area contributed by atoms with E-state index in [1.54, 1.807) is 28.1 Å². The summed E-state index contributed by atoms with van der Waals surface area (Å²) in [5.41, 5.74) is 2.50. The molecule has 1 aliphatic rings. The minimum atomic E-state index is -0.116. The number of ether oxygens (including phenoxy) is 1. The molecular weight excluding hydrogens is 336 g/mol. The Balaban J connectivity index is 1.59. The van der Waals surface area contributed by atoms with Crippen LogP contribution in [0.4, 0.5) is 5.69 Å². The summed E-state index contributed by atoms with van der Waals surface area (Å²) in [4.78, 5) is 32.3. The Morgan fingerprint density at radius 1 is 1.35 bits per heavy atom. The third-order valence-corrected chi connectivity index (χ3v) is 4.58. The first kappa shape index (κ1) is 17.9. The van der Waals surface area contributed by atoms with Crippen LogP contribution in [0, 0.1) is 13.8 Å². The van der Waals surface area contributed by atoms with E-state index in [1.165, 1.54) is 7.11 Å². The molecule has 0 saturated carbocycles. The van der Waals surface area contributed by atoms with Crippen molar-refractivity contribution in [3.05, 3.63) is 35.3 Å². The van der Waals surface area contributed by atoms with Crippen LogP contribution in [0.25, 0.3) is 0 Å². The minimum Gasteiger partial charge on any atom is -0.481 e. The molecule has 2 aromatic heterocycles. The lowest BCUT2D eigenvalue weighted by molar-refractivity contribution is -0.136. The Labute approximate surface area is 151 Å². The molecule has 1 fully saturated rings. The van der Waals surface area contributed by atoms with Gasteiger partial charge in [-0.05, 0) is 26.3 Å². The minimum absolute atomic E-state index is 0.0368. The van der Waals surface area contributed by atoms with Gasteiger partial charge in [0.15, 0.2) is 0 Å². The third-order valence-electron chi connectivity index (χ3n) is 4.58. The molecule has 0 atom stereocenters. The Hall–Kier alpha value is -2.90. The first-order valence-corrected chi connectivity index (χ1v) is 8.49. The molecule has 2 amide bonds. The fraction of sp³-hybridized carbons (Fsp3) is 0.444. The van der Waals surface area contributed by atoms with Crippen LogP contribution in [-0.2, 0) is 16.0 Å². The van der Waals surface area contributed by atoms with Crippen molar-refractivity contribution in [3.8, 4) is 5.88 Å². The number of amides is 2. The van der Waals surface area contributed by atoms with Crippen LogP contribution in [0.3, 0.4) is 0 Å². The molecule has 0 N–H and O–H groups in total. The fourth-order valence-electron chi connectivity index (χ4n) is 3.09. The van der Waals surface area contributed by atoms with E-state index in [4.69, 9.17) is 9.26 Å². The van der Waals surface area contributed by atoms with Crippen LogP contribution in [0.1, 0.15) is 23.4 Å². The molecule has 1 aliphatic heterocycles. The molecule has 0 radical (unpaired) electrons. The molecule has 2 aromatic rings. The molecule has 8 nitrogen and oxygen atoms in total. The second-order valence-electron chi connectivity index (χ2n) is 6.22. The van der Waals surface area contributed by atoms with Crippen molar-refractivity contribution >= 4 is 17.5 Å². The number of pyridine rings is 1. The second kappa shape index (κ2) is 7.55. The van der Waals surface area contributed by atoms with Crippen LogP contribution in [-0.4, -0.2) is 53.6 Å². The normalized spacial score (nSPS) is 14.7. The van der Waals surface area contributed by atoms with Gasteiger partial charge in [-0.1, -0.05) is 5.16 Å². The van der Waals surface area contributed by atoms with Crippen molar-refractivity contribution in [2.24, 2.45) is 0 Å². The third kappa shape index (κ3) is 3.68. The predicted molar refractivity (Wildman–Crippen MR) is 94.0 cm³/mol. The fourth-order valence-corrected chi connectivity index (χ4v) is 3.09. The number of rotatable bonds is 5. The number of nitrogens with zero attached hydrogens (tertiary/aromatic N) is 4. The number of aryl methyl sites for hydroxylation is 2. The number of aromatic nitrogens is 2. The molecule has 0 aliphatic carbocycles. The molecule has 3 heterocycles. The monoisotopic (exact) mass is 358 g/mol. The number of hydrogen-bond acceptors (Lipinski definition) is 6. The molecule has 138 valence electrons. The Morgan fingerprint density at radius 3 is 2.81 bits per heavy atom. The number of carbonyl (C=O) groups is 2. The van der Waals surface area contributed by atoms with Gasteiger partial charge in [-0.25, -0.2) is 4.98 Å². The van der Waals surface area contributed by atoms with Gasteiger partial charge in [0.05, 0.1) is 18.5 Å². The molecule has 1 saturated heterocycles. The van der Waals surface area contributed by atoms with Crippen molar-refractivity contribution in [2.45, 2.75) is 26.7 Å². The molecular formula is C18H22N4O4. The molecule has 8 heteroatoms. The van der Waals surface area contributed by atoms with Crippen LogP contribution in [0.2, 0.25) is 0 Å². The summed E-state index contributed by atoms with van der Waals surface area (Å²) in [6.45, 7) is 4.72. The number of hydrogen-bond donors (Lipinski definition) is 0. The van der Waals surface area contributed by atoms with E-state index in [9.17, 15) is 9.59 Å². The SMILES string of the molecule is COc1cc(N2CCN(C(=O)CCc3c(C)noc3C)CC2=O)ccn1. The highest BCUT2D eigenvalue weighted by Crippen LogP contribution is 2.21. The largest absolute Gasteiger partial charge is 0.481 e. The highest BCUT2D eigenvalue weighted by atomic mass is 16.5. The number of carbonyl (C=O) groups excluding carboxylic acids is 2. The predicted octanol–water partition coefficient (Wildman–Crippen LogP) is 1.50. The summed E-state index contributed by atoms with van der Waals surface area (Å²) < 4.78 is 10.2. The van der Waals surface area contributed by atoms with Crippen LogP contribution in [0.15, 0.2) is 22.9 Å². The molecule has 3 rings (SSSR count). The van der Waals surface area contributed by atoms with E-state index >= 15 is 0 Å². The highest BCUT2D eigenvalue weighted by molar-refractivity contribution is 5.98. The average molecular weight is 358 g/mol. The maximum absolute atomic E-state index is 12.5. The highest BCUT2D eigenvalue weighted by Gasteiger charge is 2.28. The molecule has 0 bridgehead atoms. The maximum Gasteiger partial charge on any atom is 0.246 e. The summed E-state index contributed by atoms with van der Waals surface area (Å²) in [7, 11) is 1.53. The summed E-state index contributed by atoms with van der Waals surface area (Å²) in [5, 5.41) is 3.90. The van der Waals surface area contributed by atoms with E-state index in [1.807, 2.05) is 13.8 Å². The van der Waals surface area contributed by atoms with Gasteiger partial charge in [0.2, 0.25) is 17.7 Å². The van der Waals surface area contributed by atoms with Gasteiger partial charge < -0.3 is 19.1 Å². The summed E-state index contributed by atoms with van der Waals surface area (Å²) in [6, 6.07) is 3.47. The number of anilines is 1. The molecule has 0 aromatic carbocycles. The maximum atomic E-state index is 12.5. The van der Waals surface area contributed by atoms with Gasteiger partial charge in [-0.15, -0.1) is 0 Å². The number of methoxy groups -OCH3 is 1. The zero-order chi connectivity index (χ0) is 18.7. The summed E-state index contributed by atoms with van der Waals surface area (Å²) in [5.74, 6) is 1.04. The van der Waals surface area contributed by atoms with E-state index < -0.39 is 0 Å². The van der Waals surface area contributed by atoms with Crippen molar-refractivity contribution in [2.75, 3.05) is 31.6 Å². The first-order valence-electron chi connectivity index (χ1n) is 8.49. The van der Waals surface area contributed by atoms with Crippen molar-refractivity contribution in [1.29, 1.82) is 0 Å². The standard InChI is InChI=1S/C18H22N4O4/c1-12-15(13(2)26-20-12)4-5-17(23)21-8-9-22(18(24)11-21)14-6-7-19-16(10-14)25-3/h6-7,10H,4-5,8-9,11H2,1-3H3. The van der Waals surface area contributed by atoms with Gasteiger partial charge in [-0.3, -0.25) is 9.59 Å². The van der Waals surface area contributed by atoms with E-state index in [0.29, 0.717) is 31.8 Å². The lowest BCUT2D eigenvalue weighted by Crippen LogP contribution is -2.52. The van der Waals surface area contributed by atoms with Crippen LogP contribution < -0.4 is 9.64 Å². The number of piperazine rings is 1. The van der Waals surface area contributed by atoms with E-state index in [2.05, 4.69) is 10.1 Å². The lowest BCUT2D eigenvalue weighted by atomic mass is 10.1. The zero-order valence-corrected chi connectivity index (χ0v) is 15.2. The molecule has 0 spiro atoms. The Morgan fingerprint density at radius 2 is 2.15 bits per heavy atom.